The average molecular weight is 279 g/mol. The van der Waals surface area contributed by atoms with Crippen molar-refractivity contribution in [2.45, 2.75) is 59.1 Å². The molecule has 1 aromatic carbocycles. The van der Waals surface area contributed by atoms with E-state index in [9.17, 15) is 0 Å². The highest BCUT2D eigenvalue weighted by atomic mass is 16.5. The van der Waals surface area contributed by atoms with E-state index in [-0.39, 0.29) is 11.6 Å². The van der Waals surface area contributed by atoms with Crippen LogP contribution < -0.4 is 10.5 Å². The van der Waals surface area contributed by atoms with Crippen molar-refractivity contribution in [3.05, 3.63) is 28.8 Å². The first kappa shape index (κ1) is 17.0. The zero-order chi connectivity index (χ0) is 15.3. The van der Waals surface area contributed by atoms with Crippen LogP contribution in [0.2, 0.25) is 0 Å². The van der Waals surface area contributed by atoms with Crippen molar-refractivity contribution in [2.75, 3.05) is 13.7 Å². The summed E-state index contributed by atoms with van der Waals surface area (Å²) in [5, 5.41) is 0. The highest BCUT2D eigenvalue weighted by Gasteiger charge is 2.37. The number of ether oxygens (including phenoxy) is 2. The minimum atomic E-state index is -0.331. The summed E-state index contributed by atoms with van der Waals surface area (Å²) in [6.07, 6.45) is 1.77. The van der Waals surface area contributed by atoms with E-state index in [2.05, 4.69) is 33.8 Å². The third-order valence-electron chi connectivity index (χ3n) is 4.22. The molecular weight excluding hydrogens is 250 g/mol. The van der Waals surface area contributed by atoms with E-state index in [0.29, 0.717) is 6.61 Å². The maximum atomic E-state index is 6.60. The lowest BCUT2D eigenvalue weighted by Gasteiger charge is -2.38. The predicted molar refractivity (Wildman–Crippen MR) is 84.3 cm³/mol. The van der Waals surface area contributed by atoms with Crippen molar-refractivity contribution in [3.8, 4) is 5.75 Å². The molecule has 0 aliphatic heterocycles. The molecule has 0 amide bonds. The number of hydrogen-bond acceptors (Lipinski definition) is 3. The molecule has 114 valence electrons. The molecule has 3 nitrogen and oxygen atoms in total. The monoisotopic (exact) mass is 279 g/mol. The Morgan fingerprint density at radius 2 is 1.75 bits per heavy atom. The molecule has 1 rings (SSSR count). The first-order valence-electron chi connectivity index (χ1n) is 7.50. The summed E-state index contributed by atoms with van der Waals surface area (Å²) in [4.78, 5) is 0. The fraction of sp³-hybridized carbons (Fsp3) is 0.647. The molecule has 1 unspecified atom stereocenters. The van der Waals surface area contributed by atoms with Crippen LogP contribution in [0.4, 0.5) is 0 Å². The van der Waals surface area contributed by atoms with Crippen molar-refractivity contribution < 1.29 is 9.47 Å². The van der Waals surface area contributed by atoms with Crippen molar-refractivity contribution in [3.63, 3.8) is 0 Å². The largest absolute Gasteiger partial charge is 0.496 e. The van der Waals surface area contributed by atoms with Crippen LogP contribution in [0.15, 0.2) is 12.1 Å². The molecule has 0 spiro atoms. The van der Waals surface area contributed by atoms with Gasteiger partial charge >= 0.3 is 0 Å². The molecule has 0 fully saturated rings. The molecule has 20 heavy (non-hydrogen) atoms. The van der Waals surface area contributed by atoms with E-state index in [0.717, 1.165) is 24.2 Å². The minimum Gasteiger partial charge on any atom is -0.496 e. The normalized spacial score (nSPS) is 13.3. The summed E-state index contributed by atoms with van der Waals surface area (Å²) < 4.78 is 11.6. The Morgan fingerprint density at radius 3 is 2.20 bits per heavy atom. The molecule has 1 aromatic rings. The van der Waals surface area contributed by atoms with E-state index in [4.69, 9.17) is 15.2 Å². The second kappa shape index (κ2) is 7.09. The third-order valence-corrected chi connectivity index (χ3v) is 4.22. The molecule has 0 saturated carbocycles. The predicted octanol–water partition coefficient (Wildman–Crippen LogP) is 3.91. The summed E-state index contributed by atoms with van der Waals surface area (Å²) in [5.74, 6) is 0.862. The fourth-order valence-corrected chi connectivity index (χ4v) is 3.04. The number of aryl methyl sites for hydroxylation is 2. The van der Waals surface area contributed by atoms with Gasteiger partial charge in [0.15, 0.2) is 0 Å². The molecular formula is C17H29NO2. The highest BCUT2D eigenvalue weighted by Crippen LogP contribution is 2.39. The summed E-state index contributed by atoms with van der Waals surface area (Å²) in [7, 11) is 1.70. The van der Waals surface area contributed by atoms with Crippen LogP contribution in [0.1, 0.15) is 56.3 Å². The molecule has 3 heteroatoms. The van der Waals surface area contributed by atoms with Gasteiger partial charge in [-0.25, -0.2) is 0 Å². The molecule has 0 radical (unpaired) electrons. The minimum absolute atomic E-state index is 0.187. The van der Waals surface area contributed by atoms with Gasteiger partial charge in [-0.05, 0) is 50.8 Å². The second-order valence-corrected chi connectivity index (χ2v) is 5.38. The highest BCUT2D eigenvalue weighted by molar-refractivity contribution is 5.46. The Hall–Kier alpha value is -1.06. The standard InChI is InChI=1S/C17H29NO2/c1-7-17(8-2,20-9-3)16(18)15-13(5)10-12(4)11-14(15)19-6/h10-11,16H,7-9,18H2,1-6H3. The Balaban J connectivity index is 3.34. The van der Waals surface area contributed by atoms with Gasteiger partial charge in [0, 0.05) is 12.2 Å². The van der Waals surface area contributed by atoms with E-state index in [1.54, 1.807) is 7.11 Å². The number of methoxy groups -OCH3 is 1. The number of rotatable bonds is 7. The van der Waals surface area contributed by atoms with Crippen molar-refractivity contribution >= 4 is 0 Å². The molecule has 0 saturated heterocycles. The first-order valence-corrected chi connectivity index (χ1v) is 7.50. The van der Waals surface area contributed by atoms with E-state index in [1.165, 1.54) is 11.1 Å². The third kappa shape index (κ3) is 3.15. The summed E-state index contributed by atoms with van der Waals surface area (Å²) in [6, 6.07) is 4.01. The van der Waals surface area contributed by atoms with Gasteiger partial charge in [-0.2, -0.15) is 0 Å². The van der Waals surface area contributed by atoms with Gasteiger partial charge in [0.25, 0.3) is 0 Å². The van der Waals surface area contributed by atoms with Crippen LogP contribution in [0.25, 0.3) is 0 Å². The van der Waals surface area contributed by atoms with Crippen LogP contribution in [-0.4, -0.2) is 19.3 Å². The summed E-state index contributed by atoms with van der Waals surface area (Å²) >= 11 is 0. The number of hydrogen-bond donors (Lipinski definition) is 1. The molecule has 2 N–H and O–H groups in total. The van der Waals surface area contributed by atoms with Gasteiger partial charge in [-0.1, -0.05) is 19.9 Å². The number of nitrogens with two attached hydrogens (primary N) is 1. The zero-order valence-corrected chi connectivity index (χ0v) is 13.7. The summed E-state index contributed by atoms with van der Waals surface area (Å²) in [6.45, 7) is 11.1. The van der Waals surface area contributed by atoms with Crippen molar-refractivity contribution in [1.82, 2.24) is 0 Å². The Morgan fingerprint density at radius 1 is 1.15 bits per heavy atom. The maximum absolute atomic E-state index is 6.60. The van der Waals surface area contributed by atoms with E-state index < -0.39 is 0 Å². The van der Waals surface area contributed by atoms with Gasteiger partial charge in [-0.15, -0.1) is 0 Å². The molecule has 0 aliphatic rings. The second-order valence-electron chi connectivity index (χ2n) is 5.38. The Bertz CT molecular complexity index is 439. The smallest absolute Gasteiger partial charge is 0.124 e. The summed E-state index contributed by atoms with van der Waals surface area (Å²) in [5.41, 5.74) is 9.69. The molecule has 0 bridgehead atoms. The molecule has 0 aromatic heterocycles. The average Bonchev–Trinajstić information content (AvgIpc) is 2.43. The van der Waals surface area contributed by atoms with Crippen LogP contribution in [0.3, 0.4) is 0 Å². The van der Waals surface area contributed by atoms with Crippen LogP contribution in [0.5, 0.6) is 5.75 Å². The topological polar surface area (TPSA) is 44.5 Å². The maximum Gasteiger partial charge on any atom is 0.124 e. The lowest BCUT2D eigenvalue weighted by Crippen LogP contribution is -2.43. The van der Waals surface area contributed by atoms with Crippen molar-refractivity contribution in [2.24, 2.45) is 5.73 Å². The first-order chi connectivity index (χ1) is 9.45. The van der Waals surface area contributed by atoms with Crippen LogP contribution >= 0.6 is 0 Å². The Kier molecular flexibility index (Phi) is 6.03. The quantitative estimate of drug-likeness (QED) is 0.823. The van der Waals surface area contributed by atoms with E-state index in [1.807, 2.05) is 13.0 Å². The van der Waals surface area contributed by atoms with Crippen LogP contribution in [0, 0.1) is 13.8 Å². The zero-order valence-electron chi connectivity index (χ0n) is 13.7. The number of benzene rings is 1. The SMILES string of the molecule is CCOC(CC)(CC)C(N)c1c(C)cc(C)cc1OC. The lowest BCUT2D eigenvalue weighted by molar-refractivity contribution is -0.0650. The molecule has 0 heterocycles. The van der Waals surface area contributed by atoms with Crippen molar-refractivity contribution in [1.29, 1.82) is 0 Å². The van der Waals surface area contributed by atoms with Gasteiger partial charge in [0.05, 0.1) is 18.8 Å². The molecule has 1 atom stereocenters. The van der Waals surface area contributed by atoms with Gasteiger partial charge in [0.1, 0.15) is 5.75 Å². The van der Waals surface area contributed by atoms with Gasteiger partial charge in [0.2, 0.25) is 0 Å². The fourth-order valence-electron chi connectivity index (χ4n) is 3.04. The van der Waals surface area contributed by atoms with E-state index >= 15 is 0 Å². The molecule has 0 aliphatic carbocycles. The van der Waals surface area contributed by atoms with Crippen LogP contribution in [-0.2, 0) is 4.74 Å². The lowest BCUT2D eigenvalue weighted by atomic mass is 9.82. The Labute approximate surface area is 123 Å². The van der Waals surface area contributed by atoms with Gasteiger partial charge < -0.3 is 15.2 Å². The van der Waals surface area contributed by atoms with Gasteiger partial charge in [-0.3, -0.25) is 0 Å².